The van der Waals surface area contributed by atoms with Gasteiger partial charge in [0, 0.05) is 11.7 Å². The van der Waals surface area contributed by atoms with Crippen molar-refractivity contribution in [3.63, 3.8) is 0 Å². The summed E-state index contributed by atoms with van der Waals surface area (Å²) in [6.45, 7) is 2.05. The van der Waals surface area contributed by atoms with Gasteiger partial charge in [-0.1, -0.05) is 12.1 Å². The van der Waals surface area contributed by atoms with Gasteiger partial charge in [-0.2, -0.15) is 5.26 Å². The smallest absolute Gasteiger partial charge is 0.115 e. The summed E-state index contributed by atoms with van der Waals surface area (Å²) in [5.74, 6) is 0.268. The molecule has 90 valence electrons. The Labute approximate surface area is 106 Å². The first kappa shape index (κ1) is 12.0. The monoisotopic (exact) mass is 238 g/mol. The highest BCUT2D eigenvalue weighted by Crippen LogP contribution is 2.21. The van der Waals surface area contributed by atoms with Gasteiger partial charge in [-0.15, -0.1) is 0 Å². The fraction of sp³-hybridized carbons (Fsp3) is 0.133. The average molecular weight is 238 g/mol. The predicted molar refractivity (Wildman–Crippen MR) is 71.3 cm³/mol. The van der Waals surface area contributed by atoms with Gasteiger partial charge in [-0.25, -0.2) is 0 Å². The van der Waals surface area contributed by atoms with Gasteiger partial charge in [0.25, 0.3) is 0 Å². The van der Waals surface area contributed by atoms with Crippen LogP contribution in [-0.4, -0.2) is 5.11 Å². The third-order valence-electron chi connectivity index (χ3n) is 2.79. The van der Waals surface area contributed by atoms with E-state index in [4.69, 9.17) is 5.26 Å². The number of hydrogen-bond donors (Lipinski definition) is 2. The van der Waals surface area contributed by atoms with Crippen molar-refractivity contribution >= 4 is 5.69 Å². The standard InChI is InChI=1S/C15H14N2O/c1-11(13-4-8-15(18)9-5-13)17-14-6-2-12(10-16)3-7-14/h2-9,11,17-18H,1H3. The van der Waals surface area contributed by atoms with Crippen LogP contribution in [0.15, 0.2) is 48.5 Å². The van der Waals surface area contributed by atoms with E-state index in [-0.39, 0.29) is 11.8 Å². The lowest BCUT2D eigenvalue weighted by atomic mass is 10.1. The Balaban J connectivity index is 2.08. The van der Waals surface area contributed by atoms with Crippen LogP contribution in [0.4, 0.5) is 5.69 Å². The quantitative estimate of drug-likeness (QED) is 0.861. The Morgan fingerprint density at radius 1 is 1.06 bits per heavy atom. The van der Waals surface area contributed by atoms with Gasteiger partial charge in [0.1, 0.15) is 5.75 Å². The van der Waals surface area contributed by atoms with Crippen LogP contribution in [-0.2, 0) is 0 Å². The highest BCUT2D eigenvalue weighted by Gasteiger charge is 2.05. The largest absolute Gasteiger partial charge is 0.508 e. The molecule has 0 saturated heterocycles. The molecule has 0 amide bonds. The Bertz CT molecular complexity index is 553. The van der Waals surface area contributed by atoms with Crippen molar-refractivity contribution in [3.05, 3.63) is 59.7 Å². The first-order valence-corrected chi connectivity index (χ1v) is 5.74. The van der Waals surface area contributed by atoms with E-state index >= 15 is 0 Å². The molecular weight excluding hydrogens is 224 g/mol. The summed E-state index contributed by atoms with van der Waals surface area (Å²) >= 11 is 0. The van der Waals surface area contributed by atoms with Crippen LogP contribution >= 0.6 is 0 Å². The minimum Gasteiger partial charge on any atom is -0.508 e. The average Bonchev–Trinajstić information content (AvgIpc) is 2.40. The van der Waals surface area contributed by atoms with E-state index in [0.29, 0.717) is 5.56 Å². The fourth-order valence-corrected chi connectivity index (χ4v) is 1.74. The van der Waals surface area contributed by atoms with E-state index in [1.54, 1.807) is 24.3 Å². The number of phenolic OH excluding ortho intramolecular Hbond substituents is 1. The van der Waals surface area contributed by atoms with Gasteiger partial charge in [0.2, 0.25) is 0 Å². The van der Waals surface area contributed by atoms with Gasteiger partial charge in [-0.05, 0) is 48.9 Å². The van der Waals surface area contributed by atoms with E-state index in [1.165, 1.54) is 0 Å². The van der Waals surface area contributed by atoms with Crippen LogP contribution in [0.2, 0.25) is 0 Å². The van der Waals surface area contributed by atoms with Crippen molar-refractivity contribution in [1.82, 2.24) is 0 Å². The Morgan fingerprint density at radius 3 is 2.22 bits per heavy atom. The molecule has 0 aliphatic rings. The van der Waals surface area contributed by atoms with Gasteiger partial charge in [0.05, 0.1) is 11.6 Å². The molecule has 2 aromatic carbocycles. The maximum atomic E-state index is 9.23. The molecule has 0 radical (unpaired) electrons. The van der Waals surface area contributed by atoms with Crippen LogP contribution in [0.3, 0.4) is 0 Å². The van der Waals surface area contributed by atoms with E-state index in [2.05, 4.69) is 11.4 Å². The van der Waals surface area contributed by atoms with E-state index in [0.717, 1.165) is 11.3 Å². The first-order chi connectivity index (χ1) is 8.69. The molecule has 3 nitrogen and oxygen atoms in total. The molecule has 0 saturated carbocycles. The number of nitrogens with one attached hydrogen (secondary N) is 1. The molecule has 1 atom stereocenters. The number of hydrogen-bond acceptors (Lipinski definition) is 3. The van der Waals surface area contributed by atoms with Crippen LogP contribution in [0.1, 0.15) is 24.1 Å². The van der Waals surface area contributed by atoms with E-state index < -0.39 is 0 Å². The van der Waals surface area contributed by atoms with Gasteiger partial charge in [-0.3, -0.25) is 0 Å². The summed E-state index contributed by atoms with van der Waals surface area (Å²) in [5.41, 5.74) is 2.71. The number of anilines is 1. The maximum absolute atomic E-state index is 9.23. The summed E-state index contributed by atoms with van der Waals surface area (Å²) in [4.78, 5) is 0. The van der Waals surface area contributed by atoms with Gasteiger partial charge >= 0.3 is 0 Å². The molecule has 0 bridgehead atoms. The number of rotatable bonds is 3. The highest BCUT2D eigenvalue weighted by molar-refractivity contribution is 5.49. The zero-order valence-corrected chi connectivity index (χ0v) is 10.1. The molecule has 1 unspecified atom stereocenters. The molecule has 0 heterocycles. The summed E-state index contributed by atoms with van der Waals surface area (Å²) in [7, 11) is 0. The van der Waals surface area contributed by atoms with Gasteiger partial charge in [0.15, 0.2) is 0 Å². The highest BCUT2D eigenvalue weighted by atomic mass is 16.3. The topological polar surface area (TPSA) is 56.0 Å². The molecule has 2 aromatic rings. The second kappa shape index (κ2) is 5.24. The Kier molecular flexibility index (Phi) is 3.49. The lowest BCUT2D eigenvalue weighted by Gasteiger charge is -2.15. The van der Waals surface area contributed by atoms with Crippen molar-refractivity contribution < 1.29 is 5.11 Å². The zero-order valence-electron chi connectivity index (χ0n) is 10.1. The molecular formula is C15H14N2O. The summed E-state index contributed by atoms with van der Waals surface area (Å²) in [6.07, 6.45) is 0. The molecule has 0 spiro atoms. The minimum absolute atomic E-state index is 0.138. The number of nitrogens with zero attached hydrogens (tertiary/aromatic N) is 1. The zero-order chi connectivity index (χ0) is 13.0. The van der Waals surface area contributed by atoms with Crippen molar-refractivity contribution in [2.45, 2.75) is 13.0 Å². The molecule has 0 aromatic heterocycles. The van der Waals surface area contributed by atoms with E-state index in [9.17, 15) is 5.11 Å². The third kappa shape index (κ3) is 2.80. The normalized spacial score (nSPS) is 11.6. The number of nitriles is 1. The van der Waals surface area contributed by atoms with Crippen molar-refractivity contribution in [2.24, 2.45) is 0 Å². The van der Waals surface area contributed by atoms with Crippen LogP contribution in [0.25, 0.3) is 0 Å². The summed E-state index contributed by atoms with van der Waals surface area (Å²) in [6, 6.07) is 16.7. The Morgan fingerprint density at radius 2 is 1.67 bits per heavy atom. The molecule has 2 rings (SSSR count). The molecule has 0 aliphatic carbocycles. The molecule has 0 fully saturated rings. The molecule has 2 N–H and O–H groups in total. The molecule has 0 aliphatic heterocycles. The summed E-state index contributed by atoms with van der Waals surface area (Å²) < 4.78 is 0. The van der Waals surface area contributed by atoms with Crippen LogP contribution < -0.4 is 5.32 Å². The number of aromatic hydroxyl groups is 1. The molecule has 18 heavy (non-hydrogen) atoms. The maximum Gasteiger partial charge on any atom is 0.115 e. The SMILES string of the molecule is CC(Nc1ccc(C#N)cc1)c1ccc(O)cc1. The third-order valence-corrected chi connectivity index (χ3v) is 2.79. The van der Waals surface area contributed by atoms with Gasteiger partial charge < -0.3 is 10.4 Å². The second-order valence-electron chi connectivity index (χ2n) is 4.15. The Hall–Kier alpha value is -2.47. The molecule has 3 heteroatoms. The first-order valence-electron chi connectivity index (χ1n) is 5.74. The number of benzene rings is 2. The second-order valence-corrected chi connectivity index (χ2v) is 4.15. The minimum atomic E-state index is 0.138. The van der Waals surface area contributed by atoms with Crippen molar-refractivity contribution in [3.8, 4) is 11.8 Å². The lowest BCUT2D eigenvalue weighted by molar-refractivity contribution is 0.475. The van der Waals surface area contributed by atoms with Crippen LogP contribution in [0.5, 0.6) is 5.75 Å². The number of phenols is 1. The summed E-state index contributed by atoms with van der Waals surface area (Å²) in [5, 5.41) is 21.3. The predicted octanol–water partition coefficient (Wildman–Crippen LogP) is 3.44. The van der Waals surface area contributed by atoms with Crippen LogP contribution in [0, 0.1) is 11.3 Å². The fourth-order valence-electron chi connectivity index (χ4n) is 1.74. The van der Waals surface area contributed by atoms with Crippen molar-refractivity contribution in [2.75, 3.05) is 5.32 Å². The van der Waals surface area contributed by atoms with E-state index in [1.807, 2.05) is 31.2 Å². The lowest BCUT2D eigenvalue weighted by Crippen LogP contribution is -2.06. The van der Waals surface area contributed by atoms with Crippen molar-refractivity contribution in [1.29, 1.82) is 5.26 Å².